The van der Waals surface area contributed by atoms with E-state index in [4.69, 9.17) is 4.74 Å². The number of aryl methyl sites for hydroxylation is 1. The third-order valence-electron chi connectivity index (χ3n) is 3.77. The van der Waals surface area contributed by atoms with Crippen LogP contribution in [0.5, 0.6) is 0 Å². The minimum absolute atomic E-state index is 0.0563. The lowest BCUT2D eigenvalue weighted by Crippen LogP contribution is -2.52. The highest BCUT2D eigenvalue weighted by Crippen LogP contribution is 2.07. The van der Waals surface area contributed by atoms with Crippen molar-refractivity contribution in [1.82, 2.24) is 18.9 Å². The van der Waals surface area contributed by atoms with E-state index in [2.05, 4.69) is 0 Å². The second-order valence-electron chi connectivity index (χ2n) is 5.28. The maximum Gasteiger partial charge on any atom is 0.409 e. The van der Waals surface area contributed by atoms with E-state index in [1.807, 2.05) is 0 Å². The quantitative estimate of drug-likeness (QED) is 0.695. The third kappa shape index (κ3) is 3.27. The van der Waals surface area contributed by atoms with E-state index in [-0.39, 0.29) is 5.56 Å². The van der Waals surface area contributed by atoms with Crippen LogP contribution in [0.4, 0.5) is 4.79 Å². The van der Waals surface area contributed by atoms with E-state index in [0.717, 1.165) is 4.57 Å². The van der Waals surface area contributed by atoms with Crippen LogP contribution in [0.3, 0.4) is 0 Å². The lowest BCUT2D eigenvalue weighted by Gasteiger charge is -2.34. The molecule has 0 atom stereocenters. The van der Waals surface area contributed by atoms with Crippen molar-refractivity contribution in [3.8, 4) is 0 Å². The van der Waals surface area contributed by atoms with Gasteiger partial charge in [0.1, 0.15) is 5.56 Å². The Morgan fingerprint density at radius 2 is 1.65 bits per heavy atom. The lowest BCUT2D eigenvalue weighted by molar-refractivity contribution is 0.0567. The topological polar surface area (TPSA) is 93.8 Å². The first kappa shape index (κ1) is 16.8. The van der Waals surface area contributed by atoms with Crippen molar-refractivity contribution < 1.29 is 14.3 Å². The molecule has 0 radical (unpaired) electrons. The number of ether oxygens (including phenoxy) is 1. The summed E-state index contributed by atoms with van der Waals surface area (Å²) in [5.41, 5.74) is -1.16. The molecule has 2 amide bonds. The van der Waals surface area contributed by atoms with Gasteiger partial charge in [0.05, 0.1) is 6.61 Å². The second kappa shape index (κ2) is 6.67. The number of amides is 2. The molecule has 0 bridgehead atoms. The summed E-state index contributed by atoms with van der Waals surface area (Å²) in [4.78, 5) is 50.9. The molecule has 0 spiro atoms. The highest BCUT2D eigenvalue weighted by atomic mass is 16.6. The van der Waals surface area contributed by atoms with Gasteiger partial charge in [0.25, 0.3) is 11.5 Å². The number of aromatic nitrogens is 2. The van der Waals surface area contributed by atoms with Crippen LogP contribution in [0.15, 0.2) is 15.8 Å². The fourth-order valence-electron chi connectivity index (χ4n) is 2.43. The molecule has 23 heavy (non-hydrogen) atoms. The number of carbonyl (C=O) groups excluding carboxylic acids is 2. The van der Waals surface area contributed by atoms with Crippen LogP contribution in [0, 0.1) is 0 Å². The number of nitrogens with zero attached hydrogens (tertiary/aromatic N) is 4. The molecule has 2 rings (SSSR count). The van der Waals surface area contributed by atoms with Gasteiger partial charge in [-0.3, -0.25) is 14.2 Å². The van der Waals surface area contributed by atoms with E-state index < -0.39 is 23.2 Å². The summed E-state index contributed by atoms with van der Waals surface area (Å²) in [6.07, 6.45) is 0.850. The zero-order chi connectivity index (χ0) is 17.1. The zero-order valence-corrected chi connectivity index (χ0v) is 13.4. The molecule has 1 fully saturated rings. The average molecular weight is 324 g/mol. The fourth-order valence-corrected chi connectivity index (χ4v) is 2.43. The first-order chi connectivity index (χ1) is 10.9. The van der Waals surface area contributed by atoms with Gasteiger partial charge in [0, 0.05) is 46.5 Å². The van der Waals surface area contributed by atoms with Crippen molar-refractivity contribution >= 4 is 12.0 Å². The van der Waals surface area contributed by atoms with Gasteiger partial charge in [0.2, 0.25) is 0 Å². The Labute approximate surface area is 132 Å². The molecular weight excluding hydrogens is 304 g/mol. The predicted molar refractivity (Wildman–Crippen MR) is 81.4 cm³/mol. The van der Waals surface area contributed by atoms with E-state index in [0.29, 0.717) is 32.8 Å². The molecule has 1 aromatic heterocycles. The number of piperazine rings is 1. The van der Waals surface area contributed by atoms with Crippen LogP contribution in [-0.4, -0.2) is 63.7 Å². The molecule has 1 aliphatic rings. The summed E-state index contributed by atoms with van der Waals surface area (Å²) in [5.74, 6) is -0.440. The molecule has 2 heterocycles. The summed E-state index contributed by atoms with van der Waals surface area (Å²) in [7, 11) is 2.82. The lowest BCUT2D eigenvalue weighted by atomic mass is 10.2. The van der Waals surface area contributed by atoms with Gasteiger partial charge in [-0.15, -0.1) is 0 Å². The Kier molecular flexibility index (Phi) is 4.87. The number of carbonyl (C=O) groups is 2. The van der Waals surface area contributed by atoms with Crippen LogP contribution >= 0.6 is 0 Å². The van der Waals surface area contributed by atoms with Crippen LogP contribution in [0.25, 0.3) is 0 Å². The first-order valence-electron chi connectivity index (χ1n) is 7.34. The molecule has 9 heteroatoms. The summed E-state index contributed by atoms with van der Waals surface area (Å²) in [6, 6.07) is 0. The molecule has 126 valence electrons. The van der Waals surface area contributed by atoms with Crippen molar-refractivity contribution in [1.29, 1.82) is 0 Å². The predicted octanol–water partition coefficient (Wildman–Crippen LogP) is -1.00. The van der Waals surface area contributed by atoms with Crippen molar-refractivity contribution in [3.63, 3.8) is 0 Å². The van der Waals surface area contributed by atoms with Gasteiger partial charge in [-0.1, -0.05) is 0 Å². The molecule has 1 aromatic rings. The SMILES string of the molecule is CCOC(=O)N1CCN(C(=O)c2cn(C)c(=O)n(C)c2=O)CC1. The van der Waals surface area contributed by atoms with E-state index in [1.165, 1.54) is 34.7 Å². The molecule has 0 N–H and O–H groups in total. The van der Waals surface area contributed by atoms with Crippen LogP contribution in [0.1, 0.15) is 17.3 Å². The number of hydrogen-bond donors (Lipinski definition) is 0. The Balaban J connectivity index is 2.14. The summed E-state index contributed by atoms with van der Waals surface area (Å²) in [6.45, 7) is 3.33. The maximum atomic E-state index is 12.5. The molecule has 0 aromatic carbocycles. The minimum atomic E-state index is -0.620. The first-order valence-corrected chi connectivity index (χ1v) is 7.34. The Morgan fingerprint density at radius 1 is 1.09 bits per heavy atom. The summed E-state index contributed by atoms with van der Waals surface area (Å²) >= 11 is 0. The van der Waals surface area contributed by atoms with Crippen LogP contribution in [-0.2, 0) is 18.8 Å². The molecule has 1 aliphatic heterocycles. The van der Waals surface area contributed by atoms with Gasteiger partial charge in [0.15, 0.2) is 0 Å². The van der Waals surface area contributed by atoms with Crippen LogP contribution in [0.2, 0.25) is 0 Å². The largest absolute Gasteiger partial charge is 0.450 e. The third-order valence-corrected chi connectivity index (χ3v) is 3.77. The number of hydrogen-bond acceptors (Lipinski definition) is 5. The van der Waals surface area contributed by atoms with E-state index in [1.54, 1.807) is 6.92 Å². The standard InChI is InChI=1S/C14H20N4O5/c1-4-23-14(22)18-7-5-17(6-8-18)12(20)10-9-15(2)13(21)16(3)11(10)19/h9H,4-8H2,1-3H3. The fraction of sp³-hybridized carbons (Fsp3) is 0.571. The Morgan fingerprint density at radius 3 is 2.22 bits per heavy atom. The second-order valence-corrected chi connectivity index (χ2v) is 5.28. The monoisotopic (exact) mass is 324 g/mol. The highest BCUT2D eigenvalue weighted by Gasteiger charge is 2.27. The average Bonchev–Trinajstić information content (AvgIpc) is 2.56. The maximum absolute atomic E-state index is 12.5. The highest BCUT2D eigenvalue weighted by molar-refractivity contribution is 5.93. The van der Waals surface area contributed by atoms with Gasteiger partial charge >= 0.3 is 11.8 Å². The van der Waals surface area contributed by atoms with Crippen molar-refractivity contribution in [3.05, 3.63) is 32.6 Å². The smallest absolute Gasteiger partial charge is 0.409 e. The van der Waals surface area contributed by atoms with Gasteiger partial charge < -0.3 is 19.1 Å². The molecule has 0 unspecified atom stereocenters. The number of rotatable bonds is 2. The Bertz CT molecular complexity index is 728. The van der Waals surface area contributed by atoms with Crippen molar-refractivity contribution in [2.24, 2.45) is 14.1 Å². The van der Waals surface area contributed by atoms with Gasteiger partial charge in [-0.05, 0) is 6.92 Å². The summed E-state index contributed by atoms with van der Waals surface area (Å²) < 4.78 is 7.02. The van der Waals surface area contributed by atoms with E-state index in [9.17, 15) is 19.2 Å². The zero-order valence-electron chi connectivity index (χ0n) is 13.4. The van der Waals surface area contributed by atoms with E-state index >= 15 is 0 Å². The van der Waals surface area contributed by atoms with Crippen LogP contribution < -0.4 is 11.2 Å². The van der Waals surface area contributed by atoms with Gasteiger partial charge in [-0.2, -0.15) is 0 Å². The van der Waals surface area contributed by atoms with Crippen molar-refractivity contribution in [2.45, 2.75) is 6.92 Å². The summed E-state index contributed by atoms with van der Waals surface area (Å²) in [5, 5.41) is 0. The molecule has 1 saturated heterocycles. The molecule has 9 nitrogen and oxygen atoms in total. The van der Waals surface area contributed by atoms with Gasteiger partial charge in [-0.25, -0.2) is 9.59 Å². The molecule has 0 saturated carbocycles. The molecule has 0 aliphatic carbocycles. The molecular formula is C14H20N4O5. The minimum Gasteiger partial charge on any atom is -0.450 e. The van der Waals surface area contributed by atoms with Crippen molar-refractivity contribution in [2.75, 3.05) is 32.8 Å². The normalized spacial score (nSPS) is 14.7. The Hall–Kier alpha value is -2.58.